The molecule has 2 aromatic rings. The number of hydrogen-bond acceptors (Lipinski definition) is 3. The first-order valence-corrected chi connectivity index (χ1v) is 9.14. The zero-order chi connectivity index (χ0) is 19.2. The van der Waals surface area contributed by atoms with Gasteiger partial charge in [-0.15, -0.1) is 0 Å². The van der Waals surface area contributed by atoms with Gasteiger partial charge in [0.15, 0.2) is 11.6 Å². The summed E-state index contributed by atoms with van der Waals surface area (Å²) in [7, 11) is 1.60. The van der Waals surface area contributed by atoms with Crippen molar-refractivity contribution < 1.29 is 18.3 Å². The molecular weight excluding hydrogens is 350 g/mol. The first-order valence-electron chi connectivity index (χ1n) is 9.14. The second kappa shape index (κ2) is 8.95. The quantitative estimate of drug-likeness (QED) is 0.844. The van der Waals surface area contributed by atoms with E-state index in [0.29, 0.717) is 31.6 Å². The third kappa shape index (κ3) is 5.04. The number of rotatable bonds is 6. The lowest BCUT2D eigenvalue weighted by molar-refractivity contribution is -0.131. The van der Waals surface area contributed by atoms with Crippen LogP contribution in [0.5, 0.6) is 5.75 Å². The topological polar surface area (TPSA) is 41.6 Å². The lowest BCUT2D eigenvalue weighted by Crippen LogP contribution is -2.45. The fraction of sp³-hybridized carbons (Fsp3) is 0.381. The number of methoxy groups -OCH3 is 1. The number of halogens is 2. The highest BCUT2D eigenvalue weighted by Gasteiger charge is 2.23. The molecule has 0 spiro atoms. The minimum atomic E-state index is -0.833. The van der Waals surface area contributed by atoms with Gasteiger partial charge in [-0.05, 0) is 36.6 Å². The Morgan fingerprint density at radius 1 is 1.15 bits per heavy atom. The standard InChI is InChI=1S/C21H24F2N2O2/c1-27-20-5-3-2-4-16(20)13-21(26)25-10-8-17(9-11-25)24-14-15-6-7-18(22)19(23)12-15/h2-7,12,17,24H,8-11,13-14H2,1H3. The SMILES string of the molecule is COc1ccccc1CC(=O)N1CCC(NCc2ccc(F)c(F)c2)CC1. The van der Waals surface area contributed by atoms with Crippen molar-refractivity contribution in [1.29, 1.82) is 0 Å². The Balaban J connectivity index is 1.46. The average Bonchev–Trinajstić information content (AvgIpc) is 2.69. The molecule has 1 aliphatic rings. The number of piperidine rings is 1. The number of amides is 1. The molecule has 3 rings (SSSR count). The molecule has 4 nitrogen and oxygen atoms in total. The molecule has 144 valence electrons. The van der Waals surface area contributed by atoms with E-state index in [1.807, 2.05) is 29.2 Å². The van der Waals surface area contributed by atoms with Crippen LogP contribution in [0.15, 0.2) is 42.5 Å². The normalized spacial score (nSPS) is 15.0. The van der Waals surface area contributed by atoms with E-state index in [-0.39, 0.29) is 11.9 Å². The van der Waals surface area contributed by atoms with Crippen molar-refractivity contribution in [3.8, 4) is 5.75 Å². The predicted octanol–water partition coefficient (Wildman–Crippen LogP) is 3.30. The van der Waals surface area contributed by atoms with E-state index in [1.54, 1.807) is 13.2 Å². The van der Waals surface area contributed by atoms with Gasteiger partial charge in [0, 0.05) is 31.2 Å². The second-order valence-corrected chi connectivity index (χ2v) is 6.77. The zero-order valence-corrected chi connectivity index (χ0v) is 15.4. The molecule has 0 atom stereocenters. The number of hydrogen-bond donors (Lipinski definition) is 1. The summed E-state index contributed by atoms with van der Waals surface area (Å²) in [6.07, 6.45) is 2.00. The summed E-state index contributed by atoms with van der Waals surface area (Å²) >= 11 is 0. The highest BCUT2D eigenvalue weighted by molar-refractivity contribution is 5.79. The third-order valence-electron chi connectivity index (χ3n) is 4.96. The van der Waals surface area contributed by atoms with Gasteiger partial charge >= 0.3 is 0 Å². The molecule has 6 heteroatoms. The molecule has 0 bridgehead atoms. The lowest BCUT2D eigenvalue weighted by atomic mass is 10.0. The molecule has 0 saturated carbocycles. The molecule has 0 radical (unpaired) electrons. The average molecular weight is 374 g/mol. The summed E-state index contributed by atoms with van der Waals surface area (Å²) in [5.74, 6) is -0.834. The maximum atomic E-state index is 13.3. The first kappa shape index (κ1) is 19.3. The summed E-state index contributed by atoms with van der Waals surface area (Å²) in [5.41, 5.74) is 1.60. The Labute approximate surface area is 158 Å². The van der Waals surface area contributed by atoms with Gasteiger partial charge in [0.2, 0.25) is 5.91 Å². The monoisotopic (exact) mass is 374 g/mol. The van der Waals surface area contributed by atoms with Crippen LogP contribution in [0, 0.1) is 11.6 Å². The van der Waals surface area contributed by atoms with Crippen LogP contribution >= 0.6 is 0 Å². The Hall–Kier alpha value is -2.47. The van der Waals surface area contributed by atoms with Gasteiger partial charge in [0.1, 0.15) is 5.75 Å². The van der Waals surface area contributed by atoms with Crippen LogP contribution in [0.4, 0.5) is 8.78 Å². The molecule has 27 heavy (non-hydrogen) atoms. The largest absolute Gasteiger partial charge is 0.496 e. The molecule has 0 aromatic heterocycles. The number of benzene rings is 2. The molecule has 2 aromatic carbocycles. The minimum Gasteiger partial charge on any atom is -0.496 e. The molecule has 1 heterocycles. The molecule has 1 N–H and O–H groups in total. The zero-order valence-electron chi connectivity index (χ0n) is 15.4. The van der Waals surface area contributed by atoms with E-state index in [2.05, 4.69) is 5.32 Å². The molecule has 1 aliphatic heterocycles. The van der Waals surface area contributed by atoms with Crippen molar-refractivity contribution in [2.45, 2.75) is 31.8 Å². The number of para-hydroxylation sites is 1. The van der Waals surface area contributed by atoms with Gasteiger partial charge < -0.3 is 15.0 Å². The van der Waals surface area contributed by atoms with Crippen LogP contribution in [0.25, 0.3) is 0 Å². The summed E-state index contributed by atoms with van der Waals surface area (Å²) < 4.78 is 31.5. The van der Waals surface area contributed by atoms with E-state index in [1.165, 1.54) is 6.07 Å². The second-order valence-electron chi connectivity index (χ2n) is 6.77. The summed E-state index contributed by atoms with van der Waals surface area (Å²) in [4.78, 5) is 14.4. The van der Waals surface area contributed by atoms with Gasteiger partial charge in [-0.2, -0.15) is 0 Å². The number of likely N-dealkylation sites (tertiary alicyclic amines) is 1. The van der Waals surface area contributed by atoms with Crippen LogP contribution in [-0.2, 0) is 17.8 Å². The fourth-order valence-electron chi connectivity index (χ4n) is 3.37. The van der Waals surface area contributed by atoms with Crippen LogP contribution in [-0.4, -0.2) is 37.0 Å². The van der Waals surface area contributed by atoms with Crippen LogP contribution < -0.4 is 10.1 Å². The molecular formula is C21H24F2N2O2. The summed E-state index contributed by atoms with van der Waals surface area (Å²) in [6, 6.07) is 11.8. The molecule has 1 saturated heterocycles. The van der Waals surface area contributed by atoms with E-state index in [4.69, 9.17) is 4.74 Å². The van der Waals surface area contributed by atoms with Crippen molar-refractivity contribution in [2.24, 2.45) is 0 Å². The smallest absolute Gasteiger partial charge is 0.227 e. The molecule has 1 fully saturated rings. The Morgan fingerprint density at radius 2 is 1.89 bits per heavy atom. The lowest BCUT2D eigenvalue weighted by Gasteiger charge is -2.32. The van der Waals surface area contributed by atoms with Crippen molar-refractivity contribution in [2.75, 3.05) is 20.2 Å². The number of nitrogens with zero attached hydrogens (tertiary/aromatic N) is 1. The van der Waals surface area contributed by atoms with Gasteiger partial charge in [-0.3, -0.25) is 4.79 Å². The Kier molecular flexibility index (Phi) is 6.40. The number of ether oxygens (including phenoxy) is 1. The van der Waals surface area contributed by atoms with Crippen LogP contribution in [0.3, 0.4) is 0 Å². The van der Waals surface area contributed by atoms with E-state index < -0.39 is 11.6 Å². The maximum absolute atomic E-state index is 13.3. The van der Waals surface area contributed by atoms with Crippen LogP contribution in [0.2, 0.25) is 0 Å². The fourth-order valence-corrected chi connectivity index (χ4v) is 3.37. The highest BCUT2D eigenvalue weighted by atomic mass is 19.2. The predicted molar refractivity (Wildman–Crippen MR) is 99.5 cm³/mol. The van der Waals surface area contributed by atoms with Crippen molar-refractivity contribution in [3.63, 3.8) is 0 Å². The van der Waals surface area contributed by atoms with Crippen molar-refractivity contribution >= 4 is 5.91 Å². The first-order chi connectivity index (χ1) is 13.1. The number of nitrogens with one attached hydrogen (secondary N) is 1. The van der Waals surface area contributed by atoms with E-state index in [0.717, 1.165) is 30.2 Å². The van der Waals surface area contributed by atoms with Gasteiger partial charge in [-0.25, -0.2) is 8.78 Å². The third-order valence-corrected chi connectivity index (χ3v) is 4.96. The summed E-state index contributed by atoms with van der Waals surface area (Å²) in [5, 5.41) is 3.36. The van der Waals surface area contributed by atoms with E-state index >= 15 is 0 Å². The maximum Gasteiger partial charge on any atom is 0.227 e. The van der Waals surface area contributed by atoms with Gasteiger partial charge in [-0.1, -0.05) is 24.3 Å². The van der Waals surface area contributed by atoms with E-state index in [9.17, 15) is 13.6 Å². The molecule has 0 unspecified atom stereocenters. The molecule has 1 amide bonds. The highest BCUT2D eigenvalue weighted by Crippen LogP contribution is 2.20. The number of carbonyl (C=O) groups excluding carboxylic acids is 1. The Morgan fingerprint density at radius 3 is 2.59 bits per heavy atom. The van der Waals surface area contributed by atoms with Gasteiger partial charge in [0.25, 0.3) is 0 Å². The minimum absolute atomic E-state index is 0.0959. The summed E-state index contributed by atoms with van der Waals surface area (Å²) in [6.45, 7) is 1.85. The van der Waals surface area contributed by atoms with Crippen molar-refractivity contribution in [3.05, 3.63) is 65.2 Å². The Bertz CT molecular complexity index is 790. The van der Waals surface area contributed by atoms with Crippen LogP contribution in [0.1, 0.15) is 24.0 Å². The van der Waals surface area contributed by atoms with Gasteiger partial charge in [0.05, 0.1) is 13.5 Å². The number of carbonyl (C=O) groups is 1. The molecule has 0 aliphatic carbocycles. The van der Waals surface area contributed by atoms with Crippen molar-refractivity contribution in [1.82, 2.24) is 10.2 Å².